The van der Waals surface area contributed by atoms with Crippen molar-refractivity contribution in [3.8, 4) is 11.1 Å². The highest BCUT2D eigenvalue weighted by atomic mass is 32.2. The Morgan fingerprint density at radius 3 is 2.43 bits per heavy atom. The summed E-state index contributed by atoms with van der Waals surface area (Å²) in [5.74, 6) is -0.301. The van der Waals surface area contributed by atoms with Crippen LogP contribution >= 0.6 is 0 Å². The van der Waals surface area contributed by atoms with E-state index in [2.05, 4.69) is 5.32 Å². The SMILES string of the molecule is CCCNC(=O)CN1c2ccccc2-c2ccccc2S1(=O)=O. The van der Waals surface area contributed by atoms with E-state index < -0.39 is 10.0 Å². The Morgan fingerprint density at radius 2 is 1.70 bits per heavy atom. The Morgan fingerprint density at radius 1 is 1.04 bits per heavy atom. The van der Waals surface area contributed by atoms with Gasteiger partial charge in [0.2, 0.25) is 5.91 Å². The van der Waals surface area contributed by atoms with Crippen LogP contribution in [0.25, 0.3) is 11.1 Å². The van der Waals surface area contributed by atoms with Gasteiger partial charge < -0.3 is 5.32 Å². The summed E-state index contributed by atoms with van der Waals surface area (Å²) in [5.41, 5.74) is 2.03. The van der Waals surface area contributed by atoms with Crippen molar-refractivity contribution in [2.75, 3.05) is 17.4 Å². The number of rotatable bonds is 4. The van der Waals surface area contributed by atoms with Crippen molar-refractivity contribution in [3.63, 3.8) is 0 Å². The maximum Gasteiger partial charge on any atom is 0.265 e. The lowest BCUT2D eigenvalue weighted by molar-refractivity contribution is -0.119. The average molecular weight is 330 g/mol. The van der Waals surface area contributed by atoms with Gasteiger partial charge in [0.15, 0.2) is 0 Å². The number of para-hydroxylation sites is 1. The van der Waals surface area contributed by atoms with Crippen molar-refractivity contribution in [3.05, 3.63) is 48.5 Å². The van der Waals surface area contributed by atoms with Crippen LogP contribution in [-0.2, 0) is 14.8 Å². The molecule has 0 unspecified atom stereocenters. The largest absolute Gasteiger partial charge is 0.355 e. The first-order valence-electron chi connectivity index (χ1n) is 7.53. The van der Waals surface area contributed by atoms with Crippen molar-refractivity contribution >= 4 is 21.6 Å². The third-order valence-electron chi connectivity index (χ3n) is 3.78. The van der Waals surface area contributed by atoms with Crippen molar-refractivity contribution in [2.24, 2.45) is 0 Å². The number of carbonyl (C=O) groups is 1. The minimum Gasteiger partial charge on any atom is -0.355 e. The molecule has 0 atom stereocenters. The predicted octanol–water partition coefficient (Wildman–Crippen LogP) is 2.39. The molecule has 1 aliphatic heterocycles. The van der Waals surface area contributed by atoms with E-state index in [4.69, 9.17) is 0 Å². The molecule has 0 aromatic heterocycles. The fraction of sp³-hybridized carbons (Fsp3) is 0.235. The average Bonchev–Trinajstić information content (AvgIpc) is 2.57. The molecule has 2 aromatic carbocycles. The maximum absolute atomic E-state index is 12.9. The van der Waals surface area contributed by atoms with Gasteiger partial charge in [0.05, 0.1) is 10.6 Å². The minimum atomic E-state index is -3.74. The van der Waals surface area contributed by atoms with Crippen LogP contribution < -0.4 is 9.62 Å². The van der Waals surface area contributed by atoms with Crippen LogP contribution in [0.4, 0.5) is 5.69 Å². The number of amides is 1. The van der Waals surface area contributed by atoms with E-state index in [9.17, 15) is 13.2 Å². The lowest BCUT2D eigenvalue weighted by atomic mass is 10.0. The number of nitrogens with zero attached hydrogens (tertiary/aromatic N) is 1. The normalized spacial score (nSPS) is 14.7. The van der Waals surface area contributed by atoms with Crippen LogP contribution in [0.2, 0.25) is 0 Å². The van der Waals surface area contributed by atoms with Gasteiger partial charge in [-0.25, -0.2) is 8.42 Å². The number of fused-ring (bicyclic) bond motifs is 3. The van der Waals surface area contributed by atoms with Gasteiger partial charge in [-0.1, -0.05) is 43.3 Å². The fourth-order valence-electron chi connectivity index (χ4n) is 2.70. The standard InChI is InChI=1S/C17H18N2O3S/c1-2-11-18-17(20)12-19-15-9-5-3-7-13(15)14-8-4-6-10-16(14)23(19,21)22/h3-10H,2,11-12H2,1H3,(H,18,20). The molecule has 1 aliphatic rings. The molecule has 120 valence electrons. The summed E-state index contributed by atoms with van der Waals surface area (Å²) >= 11 is 0. The van der Waals surface area contributed by atoms with E-state index in [1.807, 2.05) is 25.1 Å². The zero-order valence-corrected chi connectivity index (χ0v) is 13.6. The molecule has 0 aliphatic carbocycles. The van der Waals surface area contributed by atoms with Gasteiger partial charge in [0, 0.05) is 17.7 Å². The molecule has 6 heteroatoms. The summed E-state index contributed by atoms with van der Waals surface area (Å²) in [6, 6.07) is 14.1. The van der Waals surface area contributed by atoms with Gasteiger partial charge in [0.25, 0.3) is 10.0 Å². The quantitative estimate of drug-likeness (QED) is 0.936. The molecule has 0 bridgehead atoms. The van der Waals surface area contributed by atoms with Gasteiger partial charge in [-0.3, -0.25) is 9.10 Å². The molecule has 3 rings (SSSR count). The van der Waals surface area contributed by atoms with E-state index in [1.54, 1.807) is 30.3 Å². The number of sulfonamides is 1. The zero-order valence-electron chi connectivity index (χ0n) is 12.8. The molecule has 0 radical (unpaired) electrons. The third kappa shape index (κ3) is 2.70. The fourth-order valence-corrected chi connectivity index (χ4v) is 4.35. The zero-order chi connectivity index (χ0) is 16.4. The number of anilines is 1. The molecular weight excluding hydrogens is 312 g/mol. The van der Waals surface area contributed by atoms with E-state index >= 15 is 0 Å². The smallest absolute Gasteiger partial charge is 0.265 e. The summed E-state index contributed by atoms with van der Waals surface area (Å²) in [7, 11) is -3.74. The van der Waals surface area contributed by atoms with Gasteiger partial charge in [-0.15, -0.1) is 0 Å². The highest BCUT2D eigenvalue weighted by molar-refractivity contribution is 7.93. The van der Waals surface area contributed by atoms with Crippen LogP contribution in [0.3, 0.4) is 0 Å². The lowest BCUT2D eigenvalue weighted by Gasteiger charge is -2.31. The molecule has 0 spiro atoms. The molecule has 0 saturated heterocycles. The molecule has 5 nitrogen and oxygen atoms in total. The summed E-state index contributed by atoms with van der Waals surface area (Å²) in [6.45, 7) is 2.27. The number of carbonyl (C=O) groups excluding carboxylic acids is 1. The van der Waals surface area contributed by atoms with Crippen LogP contribution in [0.15, 0.2) is 53.4 Å². The van der Waals surface area contributed by atoms with Gasteiger partial charge in [0.1, 0.15) is 6.54 Å². The molecule has 1 heterocycles. The monoisotopic (exact) mass is 330 g/mol. The number of hydrogen-bond donors (Lipinski definition) is 1. The van der Waals surface area contributed by atoms with E-state index in [1.165, 1.54) is 4.31 Å². The van der Waals surface area contributed by atoms with Gasteiger partial charge >= 0.3 is 0 Å². The summed E-state index contributed by atoms with van der Waals surface area (Å²) in [6.07, 6.45) is 0.803. The summed E-state index contributed by atoms with van der Waals surface area (Å²) < 4.78 is 27.0. The molecule has 0 saturated carbocycles. The highest BCUT2D eigenvalue weighted by Gasteiger charge is 2.35. The Balaban J connectivity index is 2.09. The molecule has 1 N–H and O–H groups in total. The summed E-state index contributed by atoms with van der Waals surface area (Å²) in [4.78, 5) is 12.3. The molecule has 0 fully saturated rings. The molecule has 23 heavy (non-hydrogen) atoms. The van der Waals surface area contributed by atoms with Crippen molar-refractivity contribution in [2.45, 2.75) is 18.2 Å². The van der Waals surface area contributed by atoms with Crippen molar-refractivity contribution in [1.82, 2.24) is 5.32 Å². The van der Waals surface area contributed by atoms with E-state index in [-0.39, 0.29) is 17.3 Å². The Bertz CT molecular complexity index is 846. The Kier molecular flexibility index (Phi) is 4.09. The second kappa shape index (κ2) is 6.04. The first-order valence-corrected chi connectivity index (χ1v) is 8.97. The van der Waals surface area contributed by atoms with Gasteiger partial charge in [-0.05, 0) is 18.6 Å². The second-order valence-corrected chi connectivity index (χ2v) is 7.21. The van der Waals surface area contributed by atoms with Crippen LogP contribution in [0, 0.1) is 0 Å². The van der Waals surface area contributed by atoms with E-state index in [0.717, 1.165) is 12.0 Å². The van der Waals surface area contributed by atoms with Crippen LogP contribution in [0.5, 0.6) is 0 Å². The highest BCUT2D eigenvalue weighted by Crippen LogP contribution is 2.42. The number of benzene rings is 2. The van der Waals surface area contributed by atoms with Crippen LogP contribution in [0.1, 0.15) is 13.3 Å². The lowest BCUT2D eigenvalue weighted by Crippen LogP contribution is -2.42. The maximum atomic E-state index is 12.9. The molecular formula is C17H18N2O3S. The Labute approximate surface area is 136 Å². The van der Waals surface area contributed by atoms with Crippen molar-refractivity contribution in [1.29, 1.82) is 0 Å². The Hall–Kier alpha value is -2.34. The summed E-state index contributed by atoms with van der Waals surface area (Å²) in [5, 5.41) is 2.73. The predicted molar refractivity (Wildman–Crippen MR) is 89.7 cm³/mol. The second-order valence-electron chi connectivity index (χ2n) is 5.37. The molecule has 1 amide bonds. The van der Waals surface area contributed by atoms with Crippen LogP contribution in [-0.4, -0.2) is 27.4 Å². The number of hydrogen-bond acceptors (Lipinski definition) is 3. The topological polar surface area (TPSA) is 66.5 Å². The minimum absolute atomic E-state index is 0.215. The van der Waals surface area contributed by atoms with E-state index in [0.29, 0.717) is 17.8 Å². The molecule has 2 aromatic rings. The first kappa shape index (κ1) is 15.6. The first-order chi connectivity index (χ1) is 11.1. The van der Waals surface area contributed by atoms with Crippen molar-refractivity contribution < 1.29 is 13.2 Å². The van der Waals surface area contributed by atoms with Gasteiger partial charge in [-0.2, -0.15) is 0 Å². The third-order valence-corrected chi connectivity index (χ3v) is 5.60. The number of nitrogens with one attached hydrogen (secondary N) is 1.